The largest absolute Gasteiger partial charge is 0.365 e. The fourth-order valence-electron chi connectivity index (χ4n) is 3.18. The first kappa shape index (κ1) is 24.3. The molecule has 3 N–H and O–H groups in total. The molecule has 1 aromatic heterocycles. The van der Waals surface area contributed by atoms with Crippen molar-refractivity contribution < 1.29 is 14.4 Å². The zero-order chi connectivity index (χ0) is 23.3. The first-order chi connectivity index (χ1) is 14.5. The summed E-state index contributed by atoms with van der Waals surface area (Å²) >= 11 is 1.08. The Morgan fingerprint density at radius 2 is 1.68 bits per heavy atom. The highest BCUT2D eigenvalue weighted by Crippen LogP contribution is 2.33. The first-order valence-corrected chi connectivity index (χ1v) is 11.1. The van der Waals surface area contributed by atoms with Gasteiger partial charge in [0.25, 0.3) is 11.8 Å². The third-order valence-electron chi connectivity index (χ3n) is 5.08. The monoisotopic (exact) mass is 441 g/mol. The van der Waals surface area contributed by atoms with Gasteiger partial charge in [0.05, 0.1) is 10.4 Å². The third kappa shape index (κ3) is 5.82. The molecule has 0 spiro atoms. The van der Waals surface area contributed by atoms with Crippen molar-refractivity contribution in [3.63, 3.8) is 0 Å². The normalized spacial score (nSPS) is 11.5. The molecular weight excluding hydrogens is 410 g/mol. The van der Waals surface area contributed by atoms with Crippen molar-refractivity contribution >= 4 is 40.1 Å². The Hall–Kier alpha value is -2.93. The van der Waals surface area contributed by atoms with Crippen LogP contribution in [0.1, 0.15) is 71.3 Å². The van der Waals surface area contributed by atoms with E-state index < -0.39 is 11.8 Å². The van der Waals surface area contributed by atoms with Gasteiger partial charge < -0.3 is 16.0 Å². The molecular formula is C24H31N3O3S. The minimum atomic E-state index is -0.676. The number of thiophene rings is 1. The van der Waals surface area contributed by atoms with Crippen LogP contribution in [0.4, 0.5) is 5.00 Å². The average molecular weight is 442 g/mol. The molecule has 0 atom stereocenters. The lowest BCUT2D eigenvalue weighted by atomic mass is 9.87. The highest BCUT2D eigenvalue weighted by molar-refractivity contribution is 7.18. The second kappa shape index (κ2) is 9.92. The van der Waals surface area contributed by atoms with Gasteiger partial charge in [-0.2, -0.15) is 0 Å². The summed E-state index contributed by atoms with van der Waals surface area (Å²) in [4.78, 5) is 39.3. The Morgan fingerprint density at radius 1 is 1.10 bits per heavy atom. The van der Waals surface area contributed by atoms with Crippen LogP contribution in [-0.4, -0.2) is 35.7 Å². The lowest BCUT2D eigenvalue weighted by Gasteiger charge is -2.18. The van der Waals surface area contributed by atoms with Gasteiger partial charge in [-0.05, 0) is 49.0 Å². The van der Waals surface area contributed by atoms with Crippen molar-refractivity contribution in [3.8, 4) is 0 Å². The maximum Gasteiger partial charge on any atom is 0.264 e. The number of nitrogens with two attached hydrogens (primary N) is 1. The lowest BCUT2D eigenvalue weighted by molar-refractivity contribution is -0.111. The van der Waals surface area contributed by atoms with Crippen molar-refractivity contribution in [1.29, 1.82) is 0 Å². The molecule has 7 heteroatoms. The molecule has 6 nitrogen and oxygen atoms in total. The Kier molecular flexibility index (Phi) is 7.79. The number of anilines is 1. The second-order valence-electron chi connectivity index (χ2n) is 8.30. The molecule has 1 heterocycles. The standard InChI is InChI=1S/C24H31N3O3S/c1-7-27(8-2)23(30)20-15(3)19(21(25)29)22(31-20)26-18(28)14-11-16-9-12-17(13-10-16)24(4,5)6/h9-14H,7-8H2,1-6H3,(H2,25,29)(H,26,28)/b14-11+. The summed E-state index contributed by atoms with van der Waals surface area (Å²) in [6, 6.07) is 7.98. The smallest absolute Gasteiger partial charge is 0.264 e. The van der Waals surface area contributed by atoms with Gasteiger partial charge >= 0.3 is 0 Å². The number of nitrogens with one attached hydrogen (secondary N) is 1. The fraction of sp³-hybridized carbons (Fsp3) is 0.375. The molecule has 0 aliphatic carbocycles. The van der Waals surface area contributed by atoms with E-state index in [1.54, 1.807) is 17.9 Å². The number of hydrogen-bond donors (Lipinski definition) is 2. The third-order valence-corrected chi connectivity index (χ3v) is 6.27. The lowest BCUT2D eigenvalue weighted by Crippen LogP contribution is -2.30. The van der Waals surface area contributed by atoms with E-state index in [-0.39, 0.29) is 16.9 Å². The molecule has 0 bridgehead atoms. The van der Waals surface area contributed by atoms with Crippen LogP contribution in [0.3, 0.4) is 0 Å². The van der Waals surface area contributed by atoms with Crippen LogP contribution in [0.5, 0.6) is 0 Å². The summed E-state index contributed by atoms with van der Waals surface area (Å²) in [5, 5.41) is 3.00. The Labute approximate surface area is 188 Å². The molecule has 0 unspecified atom stereocenters. The number of carbonyl (C=O) groups is 3. The van der Waals surface area contributed by atoms with Gasteiger partial charge in [-0.1, -0.05) is 45.0 Å². The first-order valence-electron chi connectivity index (χ1n) is 10.3. The molecule has 166 valence electrons. The van der Waals surface area contributed by atoms with E-state index >= 15 is 0 Å². The Balaban J connectivity index is 2.24. The van der Waals surface area contributed by atoms with Gasteiger partial charge in [-0.15, -0.1) is 11.3 Å². The predicted octanol–water partition coefficient (Wildman–Crippen LogP) is 4.59. The molecule has 1 aromatic carbocycles. The zero-order valence-electron chi connectivity index (χ0n) is 19.0. The number of nitrogens with zero attached hydrogens (tertiary/aromatic N) is 1. The maximum atomic E-state index is 12.8. The van der Waals surface area contributed by atoms with Gasteiger partial charge in [0.15, 0.2) is 0 Å². The Morgan fingerprint density at radius 3 is 2.16 bits per heavy atom. The summed E-state index contributed by atoms with van der Waals surface area (Å²) in [6.07, 6.45) is 3.10. The molecule has 0 radical (unpaired) electrons. The summed E-state index contributed by atoms with van der Waals surface area (Å²) in [5.74, 6) is -1.25. The summed E-state index contributed by atoms with van der Waals surface area (Å²) in [5.41, 5.74) is 8.36. The van der Waals surface area contributed by atoms with Crippen LogP contribution in [0.15, 0.2) is 30.3 Å². The Bertz CT molecular complexity index is 994. The highest BCUT2D eigenvalue weighted by atomic mass is 32.1. The van der Waals surface area contributed by atoms with Crippen molar-refractivity contribution in [1.82, 2.24) is 4.90 Å². The number of rotatable bonds is 7. The number of benzene rings is 1. The molecule has 2 aromatic rings. The van der Waals surface area contributed by atoms with Gasteiger partial charge in [0.1, 0.15) is 5.00 Å². The van der Waals surface area contributed by atoms with Gasteiger partial charge in [-0.3, -0.25) is 14.4 Å². The van der Waals surface area contributed by atoms with Gasteiger partial charge in [-0.25, -0.2) is 0 Å². The van der Waals surface area contributed by atoms with E-state index in [9.17, 15) is 14.4 Å². The van der Waals surface area contributed by atoms with Crippen LogP contribution in [-0.2, 0) is 10.2 Å². The number of hydrogen-bond acceptors (Lipinski definition) is 4. The molecule has 0 saturated heterocycles. The minimum absolute atomic E-state index is 0.0576. The highest BCUT2D eigenvalue weighted by Gasteiger charge is 2.26. The van der Waals surface area contributed by atoms with E-state index in [4.69, 9.17) is 5.73 Å². The fourth-order valence-corrected chi connectivity index (χ4v) is 4.36. The molecule has 3 amide bonds. The van der Waals surface area contributed by atoms with Crippen molar-refractivity contribution in [2.24, 2.45) is 5.73 Å². The molecule has 0 fully saturated rings. The maximum absolute atomic E-state index is 12.8. The van der Waals surface area contributed by atoms with E-state index in [1.165, 1.54) is 11.6 Å². The van der Waals surface area contributed by atoms with Gasteiger partial charge in [0.2, 0.25) is 5.91 Å². The van der Waals surface area contributed by atoms with Crippen molar-refractivity contribution in [3.05, 3.63) is 57.5 Å². The van der Waals surface area contributed by atoms with E-state index in [0.29, 0.717) is 28.5 Å². The topological polar surface area (TPSA) is 92.5 Å². The van der Waals surface area contributed by atoms with E-state index in [2.05, 4.69) is 26.1 Å². The number of carbonyl (C=O) groups excluding carboxylic acids is 3. The van der Waals surface area contributed by atoms with E-state index in [1.807, 2.05) is 38.1 Å². The molecule has 0 saturated carbocycles. The molecule has 2 rings (SSSR count). The minimum Gasteiger partial charge on any atom is -0.365 e. The predicted molar refractivity (Wildman–Crippen MR) is 128 cm³/mol. The number of amides is 3. The van der Waals surface area contributed by atoms with Crippen molar-refractivity contribution in [2.45, 2.75) is 47.0 Å². The van der Waals surface area contributed by atoms with Crippen LogP contribution in [0, 0.1) is 6.92 Å². The number of primary amides is 1. The summed E-state index contributed by atoms with van der Waals surface area (Å²) in [7, 11) is 0. The zero-order valence-corrected chi connectivity index (χ0v) is 19.9. The van der Waals surface area contributed by atoms with Crippen LogP contribution in [0.25, 0.3) is 6.08 Å². The summed E-state index contributed by atoms with van der Waals surface area (Å²) in [6.45, 7) is 13.0. The van der Waals surface area contributed by atoms with Crippen LogP contribution in [0.2, 0.25) is 0 Å². The van der Waals surface area contributed by atoms with Crippen LogP contribution < -0.4 is 11.1 Å². The molecule has 0 aliphatic rings. The molecule has 0 aliphatic heterocycles. The van der Waals surface area contributed by atoms with Crippen LogP contribution >= 0.6 is 11.3 Å². The second-order valence-corrected chi connectivity index (χ2v) is 9.32. The molecule has 31 heavy (non-hydrogen) atoms. The summed E-state index contributed by atoms with van der Waals surface area (Å²) < 4.78 is 0. The van der Waals surface area contributed by atoms with E-state index in [0.717, 1.165) is 16.9 Å². The SMILES string of the molecule is CCN(CC)C(=O)c1sc(NC(=O)/C=C/c2ccc(C(C)(C)C)cc2)c(C(N)=O)c1C. The van der Waals surface area contributed by atoms with Gasteiger partial charge in [0, 0.05) is 19.2 Å². The quantitative estimate of drug-likeness (QED) is 0.616. The average Bonchev–Trinajstić information content (AvgIpc) is 3.02. The van der Waals surface area contributed by atoms with Crippen molar-refractivity contribution in [2.75, 3.05) is 18.4 Å².